The van der Waals surface area contributed by atoms with Crippen molar-refractivity contribution in [1.29, 1.82) is 10.8 Å². The molecule has 3 rings (SSSR count). The summed E-state index contributed by atoms with van der Waals surface area (Å²) in [5.41, 5.74) is 1.30. The third kappa shape index (κ3) is 5.52. The van der Waals surface area contributed by atoms with Gasteiger partial charge in [0.1, 0.15) is 17.1 Å². The largest absolute Gasteiger partial charge is 0.389 e. The van der Waals surface area contributed by atoms with E-state index < -0.39 is 12.6 Å². The normalized spacial score (nSPS) is 11.5. The van der Waals surface area contributed by atoms with Crippen LogP contribution in [0.15, 0.2) is 42.9 Å². The lowest BCUT2D eigenvalue weighted by atomic mass is 10.1. The summed E-state index contributed by atoms with van der Waals surface area (Å²) in [5, 5.41) is 23.4. The molecule has 3 heterocycles. The van der Waals surface area contributed by atoms with Crippen LogP contribution in [0.5, 0.6) is 0 Å². The van der Waals surface area contributed by atoms with Crippen LogP contribution in [0.3, 0.4) is 0 Å². The predicted molar refractivity (Wildman–Crippen MR) is 105 cm³/mol. The quantitative estimate of drug-likeness (QED) is 0.308. The molecule has 0 spiro atoms. The zero-order chi connectivity index (χ0) is 21.7. The van der Waals surface area contributed by atoms with Crippen molar-refractivity contribution in [3.8, 4) is 11.3 Å². The lowest BCUT2D eigenvalue weighted by Crippen LogP contribution is -2.25. The van der Waals surface area contributed by atoms with Crippen LogP contribution < -0.4 is 10.8 Å². The van der Waals surface area contributed by atoms with Gasteiger partial charge in [-0.2, -0.15) is 18.3 Å². The van der Waals surface area contributed by atoms with Gasteiger partial charge < -0.3 is 5.32 Å². The van der Waals surface area contributed by atoms with E-state index in [2.05, 4.69) is 20.4 Å². The number of halogens is 3. The van der Waals surface area contributed by atoms with Crippen molar-refractivity contribution in [2.45, 2.75) is 31.9 Å². The van der Waals surface area contributed by atoms with Gasteiger partial charge in [0, 0.05) is 43.9 Å². The molecule has 3 N–H and O–H groups in total. The average molecular weight is 418 g/mol. The fourth-order valence-electron chi connectivity index (χ4n) is 2.82. The summed E-state index contributed by atoms with van der Waals surface area (Å²) in [7, 11) is 1.78. The smallest absolute Gasteiger partial charge is 0.309 e. The Morgan fingerprint density at radius 2 is 1.97 bits per heavy atom. The fourth-order valence-corrected chi connectivity index (χ4v) is 2.82. The van der Waals surface area contributed by atoms with E-state index in [0.717, 1.165) is 5.82 Å². The highest BCUT2D eigenvalue weighted by Crippen LogP contribution is 2.23. The van der Waals surface area contributed by atoms with E-state index in [1.807, 2.05) is 0 Å². The topological polar surface area (TPSA) is 108 Å². The van der Waals surface area contributed by atoms with Crippen molar-refractivity contribution in [1.82, 2.24) is 24.3 Å². The van der Waals surface area contributed by atoms with Crippen LogP contribution in [0, 0.1) is 10.8 Å². The first kappa shape index (κ1) is 21.2. The first-order chi connectivity index (χ1) is 14.2. The van der Waals surface area contributed by atoms with E-state index in [-0.39, 0.29) is 30.6 Å². The minimum atomic E-state index is -4.18. The van der Waals surface area contributed by atoms with Crippen LogP contribution in [0.25, 0.3) is 11.3 Å². The second kappa shape index (κ2) is 8.89. The molecule has 0 aromatic carbocycles. The average Bonchev–Trinajstić information content (AvgIpc) is 3.09. The van der Waals surface area contributed by atoms with Crippen molar-refractivity contribution < 1.29 is 13.2 Å². The Morgan fingerprint density at radius 3 is 2.63 bits per heavy atom. The monoisotopic (exact) mass is 418 g/mol. The van der Waals surface area contributed by atoms with Crippen molar-refractivity contribution in [3.05, 3.63) is 48.3 Å². The van der Waals surface area contributed by atoms with Crippen LogP contribution in [0.4, 0.5) is 24.9 Å². The number of aromatic nitrogens is 5. The van der Waals surface area contributed by atoms with Gasteiger partial charge in [0.25, 0.3) is 0 Å². The summed E-state index contributed by atoms with van der Waals surface area (Å²) >= 11 is 0. The number of unbranched alkanes of at least 4 members (excludes halogenated alkanes) is 1. The second-order valence-electron chi connectivity index (χ2n) is 6.67. The van der Waals surface area contributed by atoms with Gasteiger partial charge in [-0.1, -0.05) is 0 Å². The van der Waals surface area contributed by atoms with E-state index in [0.29, 0.717) is 17.2 Å². The maximum absolute atomic E-state index is 12.2. The Bertz CT molecular complexity index is 1080. The van der Waals surface area contributed by atoms with E-state index >= 15 is 0 Å². The van der Waals surface area contributed by atoms with Crippen LogP contribution in [-0.4, -0.2) is 36.3 Å². The SMILES string of the molecule is Cn1nccc1Nc1nccc(-c2ccn(C(=N)CCCCC(F)(F)F)c(=N)c2)n1. The van der Waals surface area contributed by atoms with E-state index in [1.165, 1.54) is 4.57 Å². The number of nitrogens with one attached hydrogen (secondary N) is 3. The molecule has 30 heavy (non-hydrogen) atoms. The number of hydrogen-bond donors (Lipinski definition) is 3. The van der Waals surface area contributed by atoms with Crippen LogP contribution >= 0.6 is 0 Å². The number of hydrogen-bond acceptors (Lipinski definition) is 6. The third-order valence-corrected chi connectivity index (χ3v) is 4.38. The molecule has 0 atom stereocenters. The first-order valence-corrected chi connectivity index (χ1v) is 9.23. The maximum Gasteiger partial charge on any atom is 0.389 e. The lowest BCUT2D eigenvalue weighted by molar-refractivity contribution is -0.135. The second-order valence-corrected chi connectivity index (χ2v) is 6.67. The van der Waals surface area contributed by atoms with E-state index in [9.17, 15) is 13.2 Å². The molecule has 0 saturated heterocycles. The number of nitrogens with zero attached hydrogens (tertiary/aromatic N) is 5. The number of alkyl halides is 3. The van der Waals surface area contributed by atoms with Crippen molar-refractivity contribution in [2.24, 2.45) is 7.05 Å². The highest BCUT2D eigenvalue weighted by atomic mass is 19.4. The standard InChI is InChI=1S/C19H21F3N8/c1-29-17(6-10-26-29)28-18-25-9-5-14(27-18)13-7-11-30(16(24)12-13)15(23)4-2-3-8-19(20,21)22/h5-7,9-12,23-24H,2-4,8H2,1H3,(H,25,27,28). The molecule has 0 bridgehead atoms. The van der Waals surface area contributed by atoms with Gasteiger partial charge in [0.15, 0.2) is 0 Å². The summed E-state index contributed by atoms with van der Waals surface area (Å²) in [6.07, 6.45) is 0.117. The Kier molecular flexibility index (Phi) is 6.28. The van der Waals surface area contributed by atoms with Crippen LogP contribution in [0.2, 0.25) is 0 Å². The maximum atomic E-state index is 12.2. The van der Waals surface area contributed by atoms with Gasteiger partial charge in [-0.05, 0) is 31.0 Å². The van der Waals surface area contributed by atoms with E-state index in [4.69, 9.17) is 10.8 Å². The molecule has 0 saturated carbocycles. The predicted octanol–water partition coefficient (Wildman–Crippen LogP) is 3.85. The molecule has 0 radical (unpaired) electrons. The van der Waals surface area contributed by atoms with Crippen LogP contribution in [-0.2, 0) is 7.05 Å². The van der Waals surface area contributed by atoms with Gasteiger partial charge in [-0.3, -0.25) is 20.1 Å². The number of aryl methyl sites for hydroxylation is 1. The van der Waals surface area contributed by atoms with Gasteiger partial charge in [0.2, 0.25) is 5.95 Å². The molecule has 0 aliphatic heterocycles. The van der Waals surface area contributed by atoms with Gasteiger partial charge >= 0.3 is 6.18 Å². The number of anilines is 2. The molecule has 3 aromatic rings. The minimum absolute atomic E-state index is 0.0365. The summed E-state index contributed by atoms with van der Waals surface area (Å²) in [5.74, 6) is 1.17. The van der Waals surface area contributed by atoms with Crippen molar-refractivity contribution >= 4 is 17.6 Å². The summed E-state index contributed by atoms with van der Waals surface area (Å²) in [6.45, 7) is 0. The Labute approximate surface area is 170 Å². The van der Waals surface area contributed by atoms with Crippen molar-refractivity contribution in [3.63, 3.8) is 0 Å². The molecule has 0 unspecified atom stereocenters. The molecule has 0 aliphatic carbocycles. The number of rotatable bonds is 7. The zero-order valence-electron chi connectivity index (χ0n) is 16.2. The Hall–Kier alpha value is -3.50. The summed E-state index contributed by atoms with van der Waals surface area (Å²) in [4.78, 5) is 8.62. The molecular formula is C19H21F3N8. The number of pyridine rings is 1. The highest BCUT2D eigenvalue weighted by Gasteiger charge is 2.25. The Morgan fingerprint density at radius 1 is 1.17 bits per heavy atom. The lowest BCUT2D eigenvalue weighted by Gasteiger charge is -2.11. The molecule has 0 aliphatic rings. The van der Waals surface area contributed by atoms with Crippen molar-refractivity contribution in [2.75, 3.05) is 5.32 Å². The third-order valence-electron chi connectivity index (χ3n) is 4.38. The minimum Gasteiger partial charge on any atom is -0.309 e. The summed E-state index contributed by atoms with van der Waals surface area (Å²) in [6, 6.07) is 6.75. The van der Waals surface area contributed by atoms with Crippen LogP contribution in [0.1, 0.15) is 25.7 Å². The fraction of sp³-hybridized carbons (Fsp3) is 0.316. The zero-order valence-corrected chi connectivity index (χ0v) is 16.2. The first-order valence-electron chi connectivity index (χ1n) is 9.23. The molecule has 158 valence electrons. The molecular weight excluding hydrogens is 397 g/mol. The highest BCUT2D eigenvalue weighted by molar-refractivity contribution is 5.81. The molecule has 11 heteroatoms. The molecule has 0 fully saturated rings. The van der Waals surface area contributed by atoms with Gasteiger partial charge in [0.05, 0.1) is 11.9 Å². The molecule has 8 nitrogen and oxygen atoms in total. The van der Waals surface area contributed by atoms with E-state index in [1.54, 1.807) is 54.6 Å². The molecule has 3 aromatic heterocycles. The van der Waals surface area contributed by atoms with Gasteiger partial charge in [-0.25, -0.2) is 9.97 Å². The van der Waals surface area contributed by atoms with Gasteiger partial charge in [-0.15, -0.1) is 0 Å². The Balaban J connectivity index is 1.69. The molecule has 0 amide bonds. The summed E-state index contributed by atoms with van der Waals surface area (Å²) < 4.78 is 39.6.